The molecule has 0 saturated carbocycles. The van der Waals surface area contributed by atoms with E-state index < -0.39 is 4.87 Å². The van der Waals surface area contributed by atoms with Gasteiger partial charge in [0.15, 0.2) is 4.87 Å². The molecule has 1 spiro atoms. The molecule has 2 aromatic carbocycles. The summed E-state index contributed by atoms with van der Waals surface area (Å²) in [5.74, 6) is 0.540. The number of aryl methyl sites for hydroxylation is 2. The summed E-state index contributed by atoms with van der Waals surface area (Å²) in [6.07, 6.45) is 0. The standard InChI is InChI=1S/C22H24N2O3S/c1-15-4-7-17(8-5-15)13-23-19-9-6-16(2)12-18(19)22(21(23)26)24(10-11-28-22)20(25)14-27-3/h4-9,12H,10-11,13-14H2,1-3H3/t22-/m1/s1. The number of hydrogen-bond donors (Lipinski definition) is 0. The highest BCUT2D eigenvalue weighted by atomic mass is 32.2. The van der Waals surface area contributed by atoms with E-state index in [0.29, 0.717) is 13.1 Å². The first-order valence-corrected chi connectivity index (χ1v) is 10.4. The second kappa shape index (κ2) is 7.26. The molecule has 0 radical (unpaired) electrons. The largest absolute Gasteiger partial charge is 0.375 e. The minimum Gasteiger partial charge on any atom is -0.375 e. The summed E-state index contributed by atoms with van der Waals surface area (Å²) in [7, 11) is 1.51. The number of ether oxygens (including phenoxy) is 1. The predicted molar refractivity (Wildman–Crippen MR) is 111 cm³/mol. The Labute approximate surface area is 169 Å². The molecular formula is C22H24N2O3S. The van der Waals surface area contributed by atoms with E-state index >= 15 is 0 Å². The fourth-order valence-corrected chi connectivity index (χ4v) is 5.49. The van der Waals surface area contributed by atoms with Crippen molar-refractivity contribution in [1.82, 2.24) is 4.90 Å². The minimum absolute atomic E-state index is 0.0191. The molecule has 0 aromatic heterocycles. The van der Waals surface area contributed by atoms with Crippen LogP contribution in [0.15, 0.2) is 42.5 Å². The second-order valence-corrected chi connectivity index (χ2v) is 8.66. The summed E-state index contributed by atoms with van der Waals surface area (Å²) in [6.45, 7) is 5.08. The molecule has 2 aliphatic heterocycles. The quantitative estimate of drug-likeness (QED) is 0.796. The highest BCUT2D eigenvalue weighted by Crippen LogP contribution is 2.54. The number of benzene rings is 2. The number of amides is 2. The van der Waals surface area contributed by atoms with E-state index in [-0.39, 0.29) is 18.4 Å². The molecule has 146 valence electrons. The number of anilines is 1. The minimum atomic E-state index is -0.984. The van der Waals surface area contributed by atoms with Crippen molar-refractivity contribution in [3.8, 4) is 0 Å². The van der Waals surface area contributed by atoms with E-state index in [4.69, 9.17) is 4.74 Å². The van der Waals surface area contributed by atoms with E-state index in [1.807, 2.05) is 36.9 Å². The lowest BCUT2D eigenvalue weighted by Crippen LogP contribution is -2.51. The number of carbonyl (C=O) groups excluding carboxylic acids is 2. The van der Waals surface area contributed by atoms with Gasteiger partial charge in [-0.05, 0) is 25.5 Å². The van der Waals surface area contributed by atoms with E-state index in [9.17, 15) is 9.59 Å². The molecule has 2 aliphatic rings. The number of thioether (sulfide) groups is 1. The predicted octanol–water partition coefficient (Wildman–Crippen LogP) is 3.22. The number of carbonyl (C=O) groups is 2. The third kappa shape index (κ3) is 2.91. The highest BCUT2D eigenvalue weighted by Gasteiger charge is 2.59. The van der Waals surface area contributed by atoms with Gasteiger partial charge in [0, 0.05) is 25.0 Å². The highest BCUT2D eigenvalue weighted by molar-refractivity contribution is 8.01. The second-order valence-electron chi connectivity index (χ2n) is 7.37. The van der Waals surface area contributed by atoms with E-state index in [1.165, 1.54) is 12.7 Å². The summed E-state index contributed by atoms with van der Waals surface area (Å²) in [6, 6.07) is 14.3. The Kier molecular flexibility index (Phi) is 4.93. The van der Waals surface area contributed by atoms with Crippen LogP contribution < -0.4 is 4.90 Å². The van der Waals surface area contributed by atoms with Crippen molar-refractivity contribution in [2.24, 2.45) is 0 Å². The van der Waals surface area contributed by atoms with Crippen molar-refractivity contribution in [2.75, 3.05) is 30.9 Å². The van der Waals surface area contributed by atoms with Crippen molar-refractivity contribution in [1.29, 1.82) is 0 Å². The maximum absolute atomic E-state index is 13.8. The third-order valence-electron chi connectivity index (χ3n) is 5.38. The van der Waals surface area contributed by atoms with Gasteiger partial charge in [-0.2, -0.15) is 0 Å². The van der Waals surface area contributed by atoms with Gasteiger partial charge in [-0.15, -0.1) is 11.8 Å². The molecule has 28 heavy (non-hydrogen) atoms. The molecule has 0 unspecified atom stereocenters. The molecule has 2 aromatic rings. The van der Waals surface area contributed by atoms with Gasteiger partial charge in [0.25, 0.3) is 5.91 Å². The Morgan fingerprint density at radius 2 is 1.86 bits per heavy atom. The van der Waals surface area contributed by atoms with Gasteiger partial charge in [0.1, 0.15) is 6.61 Å². The zero-order valence-electron chi connectivity index (χ0n) is 16.4. The van der Waals surface area contributed by atoms with Crippen LogP contribution in [0.25, 0.3) is 0 Å². The van der Waals surface area contributed by atoms with Crippen molar-refractivity contribution < 1.29 is 14.3 Å². The molecular weight excluding hydrogens is 372 g/mol. The number of hydrogen-bond acceptors (Lipinski definition) is 4. The molecule has 1 fully saturated rings. The van der Waals surface area contributed by atoms with Crippen molar-refractivity contribution in [2.45, 2.75) is 25.3 Å². The fourth-order valence-electron chi connectivity index (χ4n) is 4.02. The molecule has 6 heteroatoms. The van der Waals surface area contributed by atoms with Gasteiger partial charge in [-0.3, -0.25) is 9.59 Å². The van der Waals surface area contributed by atoms with Crippen LogP contribution in [-0.2, 0) is 25.7 Å². The topological polar surface area (TPSA) is 49.9 Å². The van der Waals surface area contributed by atoms with Crippen molar-refractivity contribution >= 4 is 29.3 Å². The fraction of sp³-hybridized carbons (Fsp3) is 0.364. The Morgan fingerprint density at radius 3 is 2.57 bits per heavy atom. The molecule has 5 nitrogen and oxygen atoms in total. The number of rotatable bonds is 4. The Morgan fingerprint density at radius 1 is 1.14 bits per heavy atom. The van der Waals surface area contributed by atoms with Gasteiger partial charge in [0.05, 0.1) is 12.2 Å². The van der Waals surface area contributed by atoms with Gasteiger partial charge >= 0.3 is 0 Å². The lowest BCUT2D eigenvalue weighted by Gasteiger charge is -2.33. The van der Waals surface area contributed by atoms with E-state index in [0.717, 1.165) is 28.1 Å². The first-order chi connectivity index (χ1) is 13.5. The van der Waals surface area contributed by atoms with Crippen LogP contribution in [-0.4, -0.2) is 42.7 Å². The van der Waals surface area contributed by atoms with Crippen LogP contribution in [0.2, 0.25) is 0 Å². The zero-order chi connectivity index (χ0) is 19.9. The lowest BCUT2D eigenvalue weighted by atomic mass is 10.0. The third-order valence-corrected chi connectivity index (χ3v) is 6.80. The molecule has 0 bridgehead atoms. The summed E-state index contributed by atoms with van der Waals surface area (Å²) in [5, 5.41) is 0. The number of fused-ring (bicyclic) bond motifs is 2. The van der Waals surface area contributed by atoms with Gasteiger partial charge in [-0.25, -0.2) is 0 Å². The monoisotopic (exact) mass is 396 g/mol. The van der Waals surface area contributed by atoms with Crippen LogP contribution in [0, 0.1) is 13.8 Å². The van der Waals surface area contributed by atoms with Crippen molar-refractivity contribution in [3.63, 3.8) is 0 Å². The van der Waals surface area contributed by atoms with Crippen LogP contribution in [0.1, 0.15) is 22.3 Å². The Bertz CT molecular complexity index is 928. The summed E-state index contributed by atoms with van der Waals surface area (Å²) in [5.41, 5.74) is 5.14. The maximum atomic E-state index is 13.8. The number of methoxy groups -OCH3 is 1. The molecule has 2 amide bonds. The van der Waals surface area contributed by atoms with Gasteiger partial charge in [-0.1, -0.05) is 47.5 Å². The summed E-state index contributed by atoms with van der Waals surface area (Å²) < 4.78 is 5.07. The van der Waals surface area contributed by atoms with Crippen LogP contribution in [0.3, 0.4) is 0 Å². The van der Waals surface area contributed by atoms with Crippen LogP contribution in [0.5, 0.6) is 0 Å². The van der Waals surface area contributed by atoms with Crippen LogP contribution in [0.4, 0.5) is 5.69 Å². The van der Waals surface area contributed by atoms with Crippen molar-refractivity contribution in [3.05, 3.63) is 64.7 Å². The number of nitrogens with zero attached hydrogens (tertiary/aromatic N) is 2. The summed E-state index contributed by atoms with van der Waals surface area (Å²) in [4.78, 5) is 29.1. The molecule has 2 heterocycles. The average Bonchev–Trinajstić information content (AvgIpc) is 3.21. The Hall–Kier alpha value is -2.31. The summed E-state index contributed by atoms with van der Waals surface area (Å²) >= 11 is 1.55. The van der Waals surface area contributed by atoms with E-state index in [1.54, 1.807) is 16.7 Å². The average molecular weight is 397 g/mol. The molecule has 1 atom stereocenters. The maximum Gasteiger partial charge on any atom is 0.268 e. The van der Waals surface area contributed by atoms with E-state index in [2.05, 4.69) is 24.3 Å². The molecule has 0 aliphatic carbocycles. The van der Waals surface area contributed by atoms with Crippen LogP contribution >= 0.6 is 11.8 Å². The molecule has 1 saturated heterocycles. The Balaban J connectivity index is 1.79. The zero-order valence-corrected chi connectivity index (χ0v) is 17.2. The molecule has 0 N–H and O–H groups in total. The normalized spacial score (nSPS) is 20.9. The first-order valence-electron chi connectivity index (χ1n) is 9.39. The van der Waals surface area contributed by atoms with Gasteiger partial charge < -0.3 is 14.5 Å². The smallest absolute Gasteiger partial charge is 0.268 e. The van der Waals surface area contributed by atoms with Gasteiger partial charge in [0.2, 0.25) is 5.91 Å². The SMILES string of the molecule is COCC(=O)N1CCS[C@]12C(=O)N(Cc1ccc(C)cc1)c1ccc(C)cc12. The first kappa shape index (κ1) is 19.0. The lowest BCUT2D eigenvalue weighted by molar-refractivity contribution is -0.143. The molecule has 4 rings (SSSR count).